The summed E-state index contributed by atoms with van der Waals surface area (Å²) in [5.41, 5.74) is 0.836. The molecule has 0 spiro atoms. The summed E-state index contributed by atoms with van der Waals surface area (Å²) in [6.07, 6.45) is -4.39. The first-order chi connectivity index (χ1) is 13.8. The van der Waals surface area contributed by atoms with Crippen LogP contribution >= 0.6 is 24.0 Å². The monoisotopic (exact) mass is 537 g/mol. The minimum Gasteiger partial charge on any atom is -0.496 e. The molecule has 6 nitrogen and oxygen atoms in total. The van der Waals surface area contributed by atoms with Crippen molar-refractivity contribution in [1.82, 2.24) is 10.6 Å². The lowest BCUT2D eigenvalue weighted by Crippen LogP contribution is -2.36. The molecule has 30 heavy (non-hydrogen) atoms. The van der Waals surface area contributed by atoms with Crippen LogP contribution in [0.5, 0.6) is 5.75 Å². The third kappa shape index (κ3) is 7.08. The van der Waals surface area contributed by atoms with Crippen LogP contribution < -0.4 is 15.4 Å². The van der Waals surface area contributed by atoms with Crippen LogP contribution in [0.2, 0.25) is 0 Å². The molecule has 0 saturated carbocycles. The van der Waals surface area contributed by atoms with Gasteiger partial charge in [0.2, 0.25) is 0 Å². The summed E-state index contributed by atoms with van der Waals surface area (Å²) in [4.78, 5) is 15.9. The number of hydrogen-bond acceptors (Lipinski definition) is 4. The minimum atomic E-state index is -4.39. The molecule has 0 heterocycles. The predicted molar refractivity (Wildman–Crippen MR) is 118 cm³/mol. The van der Waals surface area contributed by atoms with E-state index in [0.29, 0.717) is 29.4 Å². The van der Waals surface area contributed by atoms with E-state index in [9.17, 15) is 18.0 Å². The largest absolute Gasteiger partial charge is 0.496 e. The van der Waals surface area contributed by atoms with Crippen LogP contribution in [0.1, 0.15) is 27.0 Å². The molecule has 0 aliphatic carbocycles. The van der Waals surface area contributed by atoms with Crippen molar-refractivity contribution in [2.45, 2.75) is 19.3 Å². The Morgan fingerprint density at radius 3 is 2.20 bits per heavy atom. The van der Waals surface area contributed by atoms with Gasteiger partial charge in [-0.15, -0.1) is 24.0 Å². The lowest BCUT2D eigenvalue weighted by molar-refractivity contribution is -0.137. The molecule has 0 aromatic heterocycles. The van der Waals surface area contributed by atoms with Gasteiger partial charge in [-0.25, -0.2) is 4.79 Å². The van der Waals surface area contributed by atoms with Gasteiger partial charge in [0.1, 0.15) is 11.3 Å². The first-order valence-corrected chi connectivity index (χ1v) is 8.64. The van der Waals surface area contributed by atoms with Crippen LogP contribution in [0.25, 0.3) is 0 Å². The van der Waals surface area contributed by atoms with Gasteiger partial charge in [0.25, 0.3) is 0 Å². The lowest BCUT2D eigenvalue weighted by atomic mass is 10.1. The third-order valence-electron chi connectivity index (χ3n) is 4.07. The van der Waals surface area contributed by atoms with Crippen molar-refractivity contribution in [3.05, 3.63) is 64.7 Å². The highest BCUT2D eigenvalue weighted by Crippen LogP contribution is 2.29. The molecule has 0 fully saturated rings. The maximum Gasteiger partial charge on any atom is 0.416 e. The van der Waals surface area contributed by atoms with E-state index in [1.54, 1.807) is 31.3 Å². The molecule has 0 saturated heterocycles. The Kier molecular flexibility index (Phi) is 9.90. The fourth-order valence-electron chi connectivity index (χ4n) is 2.58. The first-order valence-electron chi connectivity index (χ1n) is 8.64. The Hall–Kier alpha value is -2.50. The van der Waals surface area contributed by atoms with Crippen molar-refractivity contribution in [3.63, 3.8) is 0 Å². The van der Waals surface area contributed by atoms with E-state index in [4.69, 9.17) is 9.47 Å². The molecule has 0 bridgehead atoms. The van der Waals surface area contributed by atoms with Crippen molar-refractivity contribution in [1.29, 1.82) is 0 Å². The molecule has 164 valence electrons. The summed E-state index contributed by atoms with van der Waals surface area (Å²) in [6.45, 7) is 0.496. The summed E-state index contributed by atoms with van der Waals surface area (Å²) in [5, 5.41) is 6.01. The zero-order valence-electron chi connectivity index (χ0n) is 16.7. The highest BCUT2D eigenvalue weighted by Gasteiger charge is 2.30. The summed E-state index contributed by atoms with van der Waals surface area (Å²) in [6, 6.07) is 10.1. The molecule has 2 rings (SSSR count). The zero-order chi connectivity index (χ0) is 21.4. The standard InChI is InChI=1S/C20H22F3N3O3.HI/c1-24-19(25-11-13-5-4-6-15(9-13)20(21,22)23)26-12-14-7-8-17(28-2)16(10-14)18(27)29-3;/h4-10H,11-12H2,1-3H3,(H2,24,25,26);1H. The second-order valence-electron chi connectivity index (χ2n) is 6.00. The van der Waals surface area contributed by atoms with E-state index in [2.05, 4.69) is 15.6 Å². The number of hydrogen-bond donors (Lipinski definition) is 2. The number of carbonyl (C=O) groups excluding carboxylic acids is 1. The maximum absolute atomic E-state index is 12.8. The van der Waals surface area contributed by atoms with E-state index >= 15 is 0 Å². The van der Waals surface area contributed by atoms with Crippen molar-refractivity contribution in [2.75, 3.05) is 21.3 Å². The Morgan fingerprint density at radius 1 is 1.03 bits per heavy atom. The second-order valence-corrected chi connectivity index (χ2v) is 6.00. The number of rotatable bonds is 6. The molecule has 10 heteroatoms. The fraction of sp³-hybridized carbons (Fsp3) is 0.300. The SMILES string of the molecule is CN=C(NCc1cccc(C(F)(F)F)c1)NCc1ccc(OC)c(C(=O)OC)c1.I. The Morgan fingerprint density at radius 2 is 1.67 bits per heavy atom. The molecular formula is C20H23F3IN3O3. The van der Waals surface area contributed by atoms with E-state index in [1.807, 2.05) is 0 Å². The maximum atomic E-state index is 12.8. The van der Waals surface area contributed by atoms with Crippen LogP contribution in [-0.4, -0.2) is 33.2 Å². The summed E-state index contributed by atoms with van der Waals surface area (Å²) >= 11 is 0. The van der Waals surface area contributed by atoms with Crippen molar-refractivity contribution >= 4 is 35.9 Å². The molecule has 2 N–H and O–H groups in total. The molecule has 0 aliphatic rings. The number of halogens is 4. The number of carbonyl (C=O) groups is 1. The number of guanidine groups is 1. The molecule has 0 atom stereocenters. The van der Waals surface area contributed by atoms with Crippen LogP contribution in [0.15, 0.2) is 47.5 Å². The van der Waals surface area contributed by atoms with Gasteiger partial charge in [-0.3, -0.25) is 4.99 Å². The topological polar surface area (TPSA) is 72.0 Å². The van der Waals surface area contributed by atoms with E-state index in [1.165, 1.54) is 20.3 Å². The number of nitrogens with one attached hydrogen (secondary N) is 2. The quantitative estimate of drug-likeness (QED) is 0.253. The van der Waals surface area contributed by atoms with Crippen molar-refractivity contribution in [3.8, 4) is 5.75 Å². The number of benzene rings is 2. The first kappa shape index (κ1) is 25.5. The summed E-state index contributed by atoms with van der Waals surface area (Å²) in [7, 11) is 4.29. The average Bonchev–Trinajstić information content (AvgIpc) is 2.72. The number of methoxy groups -OCH3 is 2. The Balaban J connectivity index is 0.00000450. The van der Waals surface area contributed by atoms with Crippen molar-refractivity contribution in [2.24, 2.45) is 4.99 Å². The van der Waals surface area contributed by atoms with Gasteiger partial charge < -0.3 is 20.1 Å². The van der Waals surface area contributed by atoms with Crippen molar-refractivity contribution < 1.29 is 27.4 Å². The highest BCUT2D eigenvalue weighted by molar-refractivity contribution is 14.0. The molecule has 2 aromatic carbocycles. The number of aliphatic imine (C=N–C) groups is 1. The van der Waals surface area contributed by atoms with Crippen LogP contribution in [0, 0.1) is 0 Å². The van der Waals surface area contributed by atoms with Crippen LogP contribution in [0.3, 0.4) is 0 Å². The number of alkyl halides is 3. The summed E-state index contributed by atoms with van der Waals surface area (Å²) < 4.78 is 48.3. The molecular weight excluding hydrogens is 514 g/mol. The Labute approximate surface area is 189 Å². The second kappa shape index (κ2) is 11.6. The van der Waals surface area contributed by atoms with Gasteiger partial charge in [0.05, 0.1) is 19.8 Å². The van der Waals surface area contributed by atoms with Gasteiger partial charge in [0, 0.05) is 20.1 Å². The number of nitrogens with zero attached hydrogens (tertiary/aromatic N) is 1. The zero-order valence-corrected chi connectivity index (χ0v) is 19.0. The van der Waals surface area contributed by atoms with E-state index < -0.39 is 17.7 Å². The van der Waals surface area contributed by atoms with Gasteiger partial charge in [-0.2, -0.15) is 13.2 Å². The highest BCUT2D eigenvalue weighted by atomic mass is 127. The molecule has 0 radical (unpaired) electrons. The van der Waals surface area contributed by atoms with Gasteiger partial charge in [0.15, 0.2) is 5.96 Å². The minimum absolute atomic E-state index is 0. The normalized spacial score (nSPS) is 11.3. The number of esters is 1. The Bertz CT molecular complexity index is 889. The molecule has 2 aromatic rings. The molecule has 0 aliphatic heterocycles. The third-order valence-corrected chi connectivity index (χ3v) is 4.07. The van der Waals surface area contributed by atoms with E-state index in [0.717, 1.165) is 17.7 Å². The fourth-order valence-corrected chi connectivity index (χ4v) is 2.58. The van der Waals surface area contributed by atoms with Crippen LogP contribution in [-0.2, 0) is 24.0 Å². The van der Waals surface area contributed by atoms with E-state index in [-0.39, 0.29) is 30.5 Å². The smallest absolute Gasteiger partial charge is 0.416 e. The summed E-state index contributed by atoms with van der Waals surface area (Å²) in [5.74, 6) is 0.279. The molecule has 0 amide bonds. The van der Waals surface area contributed by atoms with Gasteiger partial charge in [-0.05, 0) is 35.4 Å². The van der Waals surface area contributed by atoms with Crippen LogP contribution in [0.4, 0.5) is 13.2 Å². The predicted octanol–water partition coefficient (Wildman–Crippen LogP) is 3.98. The van der Waals surface area contributed by atoms with Gasteiger partial charge >= 0.3 is 12.1 Å². The lowest BCUT2D eigenvalue weighted by Gasteiger charge is -2.14. The average molecular weight is 537 g/mol. The van der Waals surface area contributed by atoms with Gasteiger partial charge in [-0.1, -0.05) is 18.2 Å². The number of ether oxygens (including phenoxy) is 2. The molecule has 0 unspecified atom stereocenters.